The summed E-state index contributed by atoms with van der Waals surface area (Å²) in [7, 11) is 3.21. The number of anilines is 1. The van der Waals surface area contributed by atoms with E-state index in [1.165, 1.54) is 18.2 Å². The van der Waals surface area contributed by atoms with Gasteiger partial charge in [-0.05, 0) is 41.3 Å². The van der Waals surface area contributed by atoms with Crippen LogP contribution in [0.25, 0.3) is 0 Å². The third-order valence-electron chi connectivity index (χ3n) is 5.87. The molecule has 4 rings (SSSR count). The van der Waals surface area contributed by atoms with E-state index in [2.05, 4.69) is 10.2 Å². The molecule has 0 aromatic heterocycles. The zero-order chi connectivity index (χ0) is 24.2. The van der Waals surface area contributed by atoms with E-state index in [0.29, 0.717) is 23.7 Å². The average Bonchev–Trinajstić information content (AvgIpc) is 2.84. The van der Waals surface area contributed by atoms with Gasteiger partial charge >= 0.3 is 0 Å². The molecular weight excluding hydrogens is 458 g/mol. The number of methoxy groups -OCH3 is 2. The maximum Gasteiger partial charge on any atom is 0.271 e. The molecular formula is C25H24ClN3O5. The van der Waals surface area contributed by atoms with Crippen molar-refractivity contribution in [3.05, 3.63) is 92.5 Å². The number of fused-ring (bicyclic) bond motifs is 1. The number of non-ortho nitro benzene ring substituents is 1. The number of ether oxygens (including phenoxy) is 2. The molecule has 0 fully saturated rings. The minimum absolute atomic E-state index is 0.112. The largest absolute Gasteiger partial charge is 0.493 e. The van der Waals surface area contributed by atoms with Crippen molar-refractivity contribution >= 4 is 28.9 Å². The Labute approximate surface area is 202 Å². The first kappa shape index (κ1) is 23.5. The number of nitro groups is 1. The van der Waals surface area contributed by atoms with Crippen LogP contribution in [0.4, 0.5) is 11.4 Å². The fourth-order valence-corrected chi connectivity index (χ4v) is 4.51. The van der Waals surface area contributed by atoms with Gasteiger partial charge in [0, 0.05) is 18.7 Å². The summed E-state index contributed by atoms with van der Waals surface area (Å²) in [4.78, 5) is 25.5. The van der Waals surface area contributed by atoms with Crippen molar-refractivity contribution in [1.82, 2.24) is 4.90 Å². The summed E-state index contributed by atoms with van der Waals surface area (Å²) in [5.74, 6) is 1.04. The quantitative estimate of drug-likeness (QED) is 0.383. The number of halogens is 1. The highest BCUT2D eigenvalue weighted by atomic mass is 35.5. The molecule has 1 atom stereocenters. The minimum atomic E-state index is -0.531. The number of benzene rings is 3. The van der Waals surface area contributed by atoms with E-state index in [9.17, 15) is 14.9 Å². The van der Waals surface area contributed by atoms with E-state index in [4.69, 9.17) is 21.1 Å². The number of carbonyl (C=O) groups excluding carboxylic acids is 1. The van der Waals surface area contributed by atoms with Crippen LogP contribution in [0.3, 0.4) is 0 Å². The van der Waals surface area contributed by atoms with Crippen molar-refractivity contribution in [1.29, 1.82) is 0 Å². The maximum absolute atomic E-state index is 13.0. The number of hydrogen-bond acceptors (Lipinski definition) is 6. The van der Waals surface area contributed by atoms with Gasteiger partial charge in [-0.25, -0.2) is 0 Å². The number of nitrogens with one attached hydrogen (secondary N) is 1. The van der Waals surface area contributed by atoms with Crippen LogP contribution in [-0.4, -0.2) is 43.0 Å². The molecule has 0 radical (unpaired) electrons. The molecule has 0 saturated carbocycles. The normalized spacial score (nSPS) is 15.3. The van der Waals surface area contributed by atoms with Crippen LogP contribution in [0.15, 0.2) is 60.7 Å². The molecule has 0 saturated heterocycles. The second-order valence-corrected chi connectivity index (χ2v) is 8.32. The van der Waals surface area contributed by atoms with E-state index in [-0.39, 0.29) is 29.2 Å². The minimum Gasteiger partial charge on any atom is -0.493 e. The molecule has 176 valence electrons. The molecule has 3 aromatic rings. The van der Waals surface area contributed by atoms with Gasteiger partial charge in [0.1, 0.15) is 0 Å². The highest BCUT2D eigenvalue weighted by Gasteiger charge is 2.31. The molecule has 8 nitrogen and oxygen atoms in total. The number of amides is 1. The van der Waals surface area contributed by atoms with E-state index < -0.39 is 4.92 Å². The molecule has 3 aromatic carbocycles. The lowest BCUT2D eigenvalue weighted by Crippen LogP contribution is -2.41. The molecule has 0 spiro atoms. The SMILES string of the molecule is COc1cc2c(cc1OC)C(c1ccccc1)N(CC(=O)Nc1ccc([N+](=O)[O-])cc1Cl)CC2. The van der Waals surface area contributed by atoms with Crippen molar-refractivity contribution in [2.45, 2.75) is 12.5 Å². The van der Waals surface area contributed by atoms with Crippen LogP contribution in [0, 0.1) is 10.1 Å². The lowest BCUT2D eigenvalue weighted by atomic mass is 9.87. The topological polar surface area (TPSA) is 93.9 Å². The summed E-state index contributed by atoms with van der Waals surface area (Å²) in [5.41, 5.74) is 3.44. The molecule has 9 heteroatoms. The zero-order valence-electron chi connectivity index (χ0n) is 18.8. The first-order valence-corrected chi connectivity index (χ1v) is 11.1. The molecule has 34 heavy (non-hydrogen) atoms. The van der Waals surface area contributed by atoms with Crippen molar-refractivity contribution < 1.29 is 19.2 Å². The number of rotatable bonds is 7. The van der Waals surface area contributed by atoms with Crippen molar-refractivity contribution in [2.24, 2.45) is 0 Å². The summed E-state index contributed by atoms with van der Waals surface area (Å²) in [6.45, 7) is 0.768. The highest BCUT2D eigenvalue weighted by Crippen LogP contribution is 2.41. The molecule has 0 aliphatic carbocycles. The number of carbonyl (C=O) groups is 1. The first-order valence-electron chi connectivity index (χ1n) is 10.7. The van der Waals surface area contributed by atoms with E-state index >= 15 is 0 Å². The molecule has 1 aliphatic rings. The van der Waals surface area contributed by atoms with Gasteiger partial charge in [-0.3, -0.25) is 19.8 Å². The Hall–Kier alpha value is -3.62. The van der Waals surface area contributed by atoms with Gasteiger partial charge in [0.05, 0.1) is 42.4 Å². The van der Waals surface area contributed by atoms with Gasteiger partial charge in [0.15, 0.2) is 11.5 Å². The average molecular weight is 482 g/mol. The van der Waals surface area contributed by atoms with Crippen LogP contribution >= 0.6 is 11.6 Å². The van der Waals surface area contributed by atoms with Crippen LogP contribution in [0.5, 0.6) is 11.5 Å². The standard InChI is InChI=1S/C25H24ClN3O5/c1-33-22-12-17-10-11-28(15-24(30)27-21-9-8-18(29(31)32)13-20(21)26)25(16-6-4-3-5-7-16)19(17)14-23(22)34-2/h3-9,12-14,25H,10-11,15H2,1-2H3,(H,27,30). The first-order chi connectivity index (χ1) is 16.4. The van der Waals surface area contributed by atoms with Crippen molar-refractivity contribution in [2.75, 3.05) is 32.6 Å². The smallest absolute Gasteiger partial charge is 0.271 e. The number of nitro benzene ring substituents is 1. The van der Waals surface area contributed by atoms with Gasteiger partial charge in [-0.1, -0.05) is 41.9 Å². The van der Waals surface area contributed by atoms with Gasteiger partial charge in [0.25, 0.3) is 5.69 Å². The predicted molar refractivity (Wildman–Crippen MR) is 130 cm³/mol. The summed E-state index contributed by atoms with van der Waals surface area (Å²) >= 11 is 6.16. The predicted octanol–water partition coefficient (Wildman–Crippen LogP) is 4.85. The second-order valence-electron chi connectivity index (χ2n) is 7.91. The number of nitrogens with zero attached hydrogens (tertiary/aromatic N) is 2. The molecule has 1 N–H and O–H groups in total. The Morgan fingerprint density at radius 3 is 2.47 bits per heavy atom. The Morgan fingerprint density at radius 1 is 1.12 bits per heavy atom. The summed E-state index contributed by atoms with van der Waals surface area (Å²) < 4.78 is 11.0. The molecule has 1 amide bonds. The van der Waals surface area contributed by atoms with E-state index in [1.54, 1.807) is 14.2 Å². The van der Waals surface area contributed by atoms with Crippen LogP contribution in [0.1, 0.15) is 22.7 Å². The Bertz CT molecular complexity index is 1220. The number of hydrogen-bond donors (Lipinski definition) is 1. The highest BCUT2D eigenvalue weighted by molar-refractivity contribution is 6.34. The van der Waals surface area contributed by atoms with Crippen LogP contribution < -0.4 is 14.8 Å². The van der Waals surface area contributed by atoms with Crippen molar-refractivity contribution in [3.8, 4) is 11.5 Å². The third-order valence-corrected chi connectivity index (χ3v) is 6.19. The summed E-state index contributed by atoms with van der Waals surface area (Å²) in [6.07, 6.45) is 0.741. The Balaban J connectivity index is 1.62. The van der Waals surface area contributed by atoms with Gasteiger partial charge < -0.3 is 14.8 Å². The summed E-state index contributed by atoms with van der Waals surface area (Å²) in [5, 5.41) is 13.8. The maximum atomic E-state index is 13.0. The fraction of sp³-hybridized carbons (Fsp3) is 0.240. The van der Waals surface area contributed by atoms with Gasteiger partial charge in [-0.15, -0.1) is 0 Å². The lowest BCUT2D eigenvalue weighted by molar-refractivity contribution is -0.384. The molecule has 1 unspecified atom stereocenters. The monoisotopic (exact) mass is 481 g/mol. The van der Waals surface area contributed by atoms with E-state index in [1.807, 2.05) is 42.5 Å². The zero-order valence-corrected chi connectivity index (χ0v) is 19.5. The van der Waals surface area contributed by atoms with Crippen LogP contribution in [0.2, 0.25) is 5.02 Å². The summed E-state index contributed by atoms with van der Waals surface area (Å²) in [6, 6.07) is 17.8. The Kier molecular flexibility index (Phi) is 7.00. The van der Waals surface area contributed by atoms with Gasteiger partial charge in [0.2, 0.25) is 5.91 Å². The second kappa shape index (κ2) is 10.1. The van der Waals surface area contributed by atoms with Crippen molar-refractivity contribution in [3.63, 3.8) is 0 Å². The van der Waals surface area contributed by atoms with Gasteiger partial charge in [-0.2, -0.15) is 0 Å². The molecule has 0 bridgehead atoms. The lowest BCUT2D eigenvalue weighted by Gasteiger charge is -2.37. The fourth-order valence-electron chi connectivity index (χ4n) is 4.29. The van der Waals surface area contributed by atoms with Crippen LogP contribution in [-0.2, 0) is 11.2 Å². The molecule has 1 heterocycles. The van der Waals surface area contributed by atoms with E-state index in [0.717, 1.165) is 23.1 Å². The Morgan fingerprint density at radius 2 is 1.82 bits per heavy atom. The third kappa shape index (κ3) is 4.83. The molecule has 1 aliphatic heterocycles.